The Morgan fingerprint density at radius 1 is 1.00 bits per heavy atom. The van der Waals surface area contributed by atoms with Gasteiger partial charge >= 0.3 is 6.09 Å². The molecule has 1 saturated heterocycles. The van der Waals surface area contributed by atoms with Gasteiger partial charge in [-0.05, 0) is 62.8 Å². The molecule has 2 fully saturated rings. The van der Waals surface area contributed by atoms with Crippen LogP contribution < -0.4 is 10.2 Å². The van der Waals surface area contributed by atoms with Gasteiger partial charge in [-0.2, -0.15) is 5.26 Å². The van der Waals surface area contributed by atoms with Gasteiger partial charge in [-0.15, -0.1) is 0 Å². The van der Waals surface area contributed by atoms with E-state index in [1.165, 1.54) is 0 Å². The average molecular weight is 650 g/mol. The van der Waals surface area contributed by atoms with Crippen molar-refractivity contribution in [2.24, 2.45) is 10.9 Å². The smallest absolute Gasteiger partial charge is 0.417 e. The van der Waals surface area contributed by atoms with Gasteiger partial charge in [0, 0.05) is 67.7 Å². The number of likely N-dealkylation sites (tertiary alicyclic amines) is 1. The second kappa shape index (κ2) is 15.8. The fourth-order valence-corrected chi connectivity index (χ4v) is 6.68. The van der Waals surface area contributed by atoms with E-state index in [-0.39, 0.29) is 24.9 Å². The number of benzene rings is 1. The highest BCUT2D eigenvalue weighted by Gasteiger charge is 2.34. The zero-order valence-corrected chi connectivity index (χ0v) is 27.4. The van der Waals surface area contributed by atoms with Crippen molar-refractivity contribution in [3.8, 4) is 17.2 Å². The van der Waals surface area contributed by atoms with Gasteiger partial charge in [0.2, 0.25) is 5.95 Å². The molecule has 3 aliphatic rings. The minimum Gasteiger partial charge on any atom is -0.444 e. The Kier molecular flexibility index (Phi) is 10.9. The van der Waals surface area contributed by atoms with E-state index in [0.717, 1.165) is 86.2 Å². The van der Waals surface area contributed by atoms with E-state index in [0.29, 0.717) is 30.4 Å². The van der Waals surface area contributed by atoms with E-state index in [2.05, 4.69) is 41.2 Å². The molecule has 2 aromatic heterocycles. The van der Waals surface area contributed by atoms with Gasteiger partial charge in [-0.3, -0.25) is 4.99 Å². The number of aliphatic hydroxyl groups excluding tert-OH is 1. The Morgan fingerprint density at radius 2 is 1.71 bits per heavy atom. The number of amides is 1. The molecule has 12 heteroatoms. The molecule has 6 rings (SSSR count). The number of nitrogens with one attached hydrogen (secondary N) is 1. The number of anilines is 1. The van der Waals surface area contributed by atoms with Crippen molar-refractivity contribution < 1.29 is 14.6 Å². The molecule has 2 N–H and O–H groups in total. The number of allylic oxidation sites excluding steroid dienone is 1. The topological polar surface area (TPSA) is 153 Å². The molecule has 12 nitrogen and oxygen atoms in total. The van der Waals surface area contributed by atoms with Crippen LogP contribution in [0.25, 0.3) is 11.1 Å². The van der Waals surface area contributed by atoms with E-state index < -0.39 is 6.09 Å². The highest BCUT2D eigenvalue weighted by atomic mass is 16.6. The molecular formula is C36H43N9O3. The molecule has 2 aliphatic heterocycles. The largest absolute Gasteiger partial charge is 0.444 e. The minimum absolute atomic E-state index is 0.116. The third-order valence-electron chi connectivity index (χ3n) is 9.42. The predicted octanol–water partition coefficient (Wildman–Crippen LogP) is 5.17. The third kappa shape index (κ3) is 8.15. The molecule has 1 amide bonds. The van der Waals surface area contributed by atoms with Crippen LogP contribution in [0.1, 0.15) is 69.7 Å². The van der Waals surface area contributed by atoms with Crippen molar-refractivity contribution in [1.82, 2.24) is 30.2 Å². The van der Waals surface area contributed by atoms with E-state index in [1.807, 2.05) is 37.3 Å². The Labute approximate surface area is 281 Å². The minimum atomic E-state index is -0.467. The Balaban J connectivity index is 1.11. The van der Waals surface area contributed by atoms with Gasteiger partial charge in [0.15, 0.2) is 0 Å². The summed E-state index contributed by atoms with van der Waals surface area (Å²) in [5.41, 5.74) is 3.02. The summed E-state index contributed by atoms with van der Waals surface area (Å²) < 4.78 is 5.80. The van der Waals surface area contributed by atoms with Gasteiger partial charge in [0.05, 0.1) is 6.10 Å². The van der Waals surface area contributed by atoms with Gasteiger partial charge < -0.3 is 20.1 Å². The molecular weight excluding hydrogens is 606 g/mol. The van der Waals surface area contributed by atoms with Crippen molar-refractivity contribution in [2.45, 2.75) is 89.6 Å². The lowest BCUT2D eigenvalue weighted by atomic mass is 9.83. The first-order valence-corrected chi connectivity index (χ1v) is 17.0. The fraction of sp³-hybridized carbons (Fsp3) is 0.472. The highest BCUT2D eigenvalue weighted by Crippen LogP contribution is 2.34. The van der Waals surface area contributed by atoms with Crippen molar-refractivity contribution in [3.05, 3.63) is 77.9 Å². The average Bonchev–Trinajstić information content (AvgIpc) is 3.36. The molecule has 250 valence electrons. The van der Waals surface area contributed by atoms with Crippen LogP contribution >= 0.6 is 0 Å². The Hall–Kier alpha value is -4.89. The number of nitrogens with zero attached hydrogens (tertiary/aromatic N) is 8. The maximum atomic E-state index is 13.7. The van der Waals surface area contributed by atoms with Crippen LogP contribution in [0.2, 0.25) is 0 Å². The van der Waals surface area contributed by atoms with Crippen LogP contribution in [0.4, 0.5) is 10.7 Å². The summed E-state index contributed by atoms with van der Waals surface area (Å²) >= 11 is 0. The lowest BCUT2D eigenvalue weighted by molar-refractivity contribution is 0.140. The SMILES string of the molecule is CCc1ncc(-c2cnc(N(C(=O)OCc3ccccc3)C3CCC(CC4N=CC(C#N)=C(N5CCCC(O)CC5)N4)CC3)nc2)cn1. The molecule has 2 atom stereocenters. The van der Waals surface area contributed by atoms with Crippen LogP contribution in [0.3, 0.4) is 0 Å². The van der Waals surface area contributed by atoms with Crippen molar-refractivity contribution in [1.29, 1.82) is 5.26 Å². The fourth-order valence-electron chi connectivity index (χ4n) is 6.68. The summed E-state index contributed by atoms with van der Waals surface area (Å²) in [5.74, 6) is 2.29. The number of hydrogen-bond donors (Lipinski definition) is 2. The summed E-state index contributed by atoms with van der Waals surface area (Å²) in [6, 6.07) is 11.8. The van der Waals surface area contributed by atoms with E-state index in [4.69, 9.17) is 4.74 Å². The lowest BCUT2D eigenvalue weighted by Crippen LogP contribution is -2.45. The number of carbonyl (C=O) groups is 1. The van der Waals surface area contributed by atoms with Crippen LogP contribution in [0, 0.1) is 17.2 Å². The molecule has 0 bridgehead atoms. The summed E-state index contributed by atoms with van der Waals surface area (Å²) in [6.45, 7) is 3.68. The molecule has 3 aromatic rings. The van der Waals surface area contributed by atoms with E-state index in [1.54, 1.807) is 35.9 Å². The number of carbonyl (C=O) groups excluding carboxylic acids is 1. The second-order valence-electron chi connectivity index (χ2n) is 12.7. The molecule has 0 radical (unpaired) electrons. The van der Waals surface area contributed by atoms with Gasteiger partial charge in [-0.25, -0.2) is 29.6 Å². The molecule has 1 saturated carbocycles. The number of aromatic nitrogens is 4. The Bertz CT molecular complexity index is 1620. The first-order valence-electron chi connectivity index (χ1n) is 17.0. The number of rotatable bonds is 9. The number of hydrogen-bond acceptors (Lipinski definition) is 11. The molecule has 48 heavy (non-hydrogen) atoms. The summed E-state index contributed by atoms with van der Waals surface area (Å²) in [5, 5.41) is 23.4. The first kappa shape index (κ1) is 33.0. The van der Waals surface area contributed by atoms with E-state index in [9.17, 15) is 15.2 Å². The number of aliphatic hydroxyl groups is 1. The molecule has 4 heterocycles. The summed E-state index contributed by atoms with van der Waals surface area (Å²) in [6.07, 6.45) is 15.0. The van der Waals surface area contributed by atoms with Crippen molar-refractivity contribution >= 4 is 18.3 Å². The van der Waals surface area contributed by atoms with Crippen molar-refractivity contribution in [2.75, 3.05) is 18.0 Å². The van der Waals surface area contributed by atoms with E-state index >= 15 is 0 Å². The quantitative estimate of drug-likeness (QED) is 0.318. The number of aliphatic imine (C=N–C) groups is 1. The van der Waals surface area contributed by atoms with Gasteiger partial charge in [0.1, 0.15) is 36.1 Å². The Morgan fingerprint density at radius 3 is 2.40 bits per heavy atom. The maximum Gasteiger partial charge on any atom is 0.417 e. The summed E-state index contributed by atoms with van der Waals surface area (Å²) in [4.78, 5) is 40.1. The molecule has 1 aliphatic carbocycles. The van der Waals surface area contributed by atoms with Gasteiger partial charge in [0.25, 0.3) is 0 Å². The molecule has 0 spiro atoms. The normalized spacial score (nSPS) is 22.7. The van der Waals surface area contributed by atoms with Crippen molar-refractivity contribution in [3.63, 3.8) is 0 Å². The predicted molar refractivity (Wildman–Crippen MR) is 181 cm³/mol. The monoisotopic (exact) mass is 649 g/mol. The summed E-state index contributed by atoms with van der Waals surface area (Å²) in [7, 11) is 0. The standard InChI is InChI=1S/C36H43N9O3/c1-2-32-38-20-28(21-39-32)29-22-41-35(42-23-29)45(36(47)48-24-26-7-4-3-5-8-26)30-12-10-25(11-13-30)17-33-40-19-27(18-37)34(43-33)44-15-6-9-31(46)14-16-44/h3-5,7-8,19-23,25,30-31,33,43,46H,2,6,9-17,24H2,1H3. The third-order valence-corrected chi connectivity index (χ3v) is 9.42. The maximum absolute atomic E-state index is 13.7. The number of aryl methyl sites for hydroxylation is 1. The lowest BCUT2D eigenvalue weighted by Gasteiger charge is -2.37. The second-order valence-corrected chi connectivity index (χ2v) is 12.7. The molecule has 1 aromatic carbocycles. The van der Waals surface area contributed by atoms with Gasteiger partial charge in [-0.1, -0.05) is 37.3 Å². The zero-order chi connectivity index (χ0) is 33.3. The van der Waals surface area contributed by atoms with Crippen LogP contribution in [0.5, 0.6) is 0 Å². The number of ether oxygens (including phenoxy) is 1. The molecule has 2 unspecified atom stereocenters. The first-order chi connectivity index (χ1) is 23.5. The zero-order valence-electron chi connectivity index (χ0n) is 27.4. The van der Waals surface area contributed by atoms with Crippen LogP contribution in [-0.4, -0.2) is 73.7 Å². The highest BCUT2D eigenvalue weighted by molar-refractivity contribution is 5.86. The van der Waals surface area contributed by atoms with Crippen LogP contribution in [0.15, 0.2) is 71.5 Å². The van der Waals surface area contributed by atoms with Crippen LogP contribution in [-0.2, 0) is 17.8 Å². The number of nitriles is 1.